The molecule has 0 aliphatic rings. The Morgan fingerprint density at radius 2 is 1.32 bits per heavy atom. The second kappa shape index (κ2) is 9.13. The molecule has 0 radical (unpaired) electrons. The van der Waals surface area contributed by atoms with Crippen molar-refractivity contribution < 1.29 is 9.47 Å². The fraction of sp³-hybridized carbons (Fsp3) is 0.538. The van der Waals surface area contributed by atoms with Crippen LogP contribution in [0.1, 0.15) is 85.1 Å². The maximum atomic E-state index is 6.21. The topological polar surface area (TPSA) is 18.5 Å². The average molecular weight is 383 g/mol. The van der Waals surface area contributed by atoms with E-state index in [1.807, 2.05) is 44.2 Å². The fourth-order valence-corrected chi connectivity index (χ4v) is 3.47. The molecule has 28 heavy (non-hydrogen) atoms. The molecule has 2 atom stereocenters. The number of benzene rings is 2. The van der Waals surface area contributed by atoms with Crippen molar-refractivity contribution in [2.45, 2.75) is 80.1 Å². The van der Waals surface area contributed by atoms with Gasteiger partial charge in [-0.05, 0) is 54.7 Å². The molecule has 0 aromatic heterocycles. The summed E-state index contributed by atoms with van der Waals surface area (Å²) in [6, 6.07) is 18.7. The van der Waals surface area contributed by atoms with E-state index in [-0.39, 0.29) is 16.9 Å². The zero-order valence-corrected chi connectivity index (χ0v) is 19.0. The summed E-state index contributed by atoms with van der Waals surface area (Å²) in [5.74, 6) is 1.33. The fourth-order valence-electron chi connectivity index (χ4n) is 3.47. The van der Waals surface area contributed by atoms with Gasteiger partial charge in [-0.2, -0.15) is 0 Å². The molecule has 0 spiro atoms. The van der Waals surface area contributed by atoms with E-state index in [2.05, 4.69) is 65.8 Å². The molecule has 2 aromatic rings. The Kier molecular flexibility index (Phi) is 7.33. The molecule has 0 amide bonds. The first kappa shape index (κ1) is 22.5. The van der Waals surface area contributed by atoms with Crippen LogP contribution in [0, 0.1) is 10.8 Å². The van der Waals surface area contributed by atoms with Crippen molar-refractivity contribution in [2.24, 2.45) is 10.8 Å². The van der Waals surface area contributed by atoms with E-state index in [4.69, 9.17) is 9.47 Å². The van der Waals surface area contributed by atoms with Crippen LogP contribution in [0.2, 0.25) is 0 Å². The highest BCUT2D eigenvalue weighted by molar-refractivity contribution is 5.31. The van der Waals surface area contributed by atoms with Crippen LogP contribution in [0.4, 0.5) is 0 Å². The Hall–Kier alpha value is -1.80. The van der Waals surface area contributed by atoms with Crippen molar-refractivity contribution in [3.63, 3.8) is 0 Å². The molecule has 0 aliphatic carbocycles. The lowest BCUT2D eigenvalue weighted by Gasteiger charge is -2.36. The predicted octanol–water partition coefficient (Wildman–Crippen LogP) is 7.76. The van der Waals surface area contributed by atoms with Gasteiger partial charge in [0.25, 0.3) is 0 Å². The van der Waals surface area contributed by atoms with E-state index in [1.54, 1.807) is 0 Å². The standard InChI is InChI=1S/C26H38O2/c1-19(2)27-24(21-12-10-9-11-13-21)28-22-16-14-20(15-17-22)23(26(6,7)8)18-25(3,4)5/h9-17,19,23-24H,18H2,1-8H3. The van der Waals surface area contributed by atoms with Crippen molar-refractivity contribution >= 4 is 0 Å². The highest BCUT2D eigenvalue weighted by atomic mass is 16.7. The van der Waals surface area contributed by atoms with Crippen molar-refractivity contribution in [1.29, 1.82) is 0 Å². The molecule has 0 saturated heterocycles. The van der Waals surface area contributed by atoms with E-state index in [0.29, 0.717) is 5.92 Å². The number of hydrogen-bond acceptors (Lipinski definition) is 2. The Balaban J connectivity index is 2.21. The third-order valence-corrected chi connectivity index (χ3v) is 4.85. The van der Waals surface area contributed by atoms with Gasteiger partial charge in [-0.25, -0.2) is 0 Å². The second-order valence-corrected chi connectivity index (χ2v) is 10.3. The van der Waals surface area contributed by atoms with Gasteiger partial charge in [0, 0.05) is 5.56 Å². The predicted molar refractivity (Wildman–Crippen MR) is 119 cm³/mol. The van der Waals surface area contributed by atoms with Crippen LogP contribution in [0.25, 0.3) is 0 Å². The van der Waals surface area contributed by atoms with Crippen molar-refractivity contribution in [3.8, 4) is 5.75 Å². The summed E-state index contributed by atoms with van der Waals surface area (Å²) in [5.41, 5.74) is 2.90. The summed E-state index contributed by atoms with van der Waals surface area (Å²) in [6.45, 7) is 18.0. The Morgan fingerprint density at radius 1 is 0.750 bits per heavy atom. The molecular formula is C26H38O2. The monoisotopic (exact) mass is 382 g/mol. The van der Waals surface area contributed by atoms with Gasteiger partial charge in [0.1, 0.15) is 5.75 Å². The van der Waals surface area contributed by atoms with Gasteiger partial charge in [-0.1, -0.05) is 84.0 Å². The first-order valence-electron chi connectivity index (χ1n) is 10.4. The van der Waals surface area contributed by atoms with Crippen LogP contribution in [0.5, 0.6) is 5.75 Å². The first-order valence-corrected chi connectivity index (χ1v) is 10.4. The Labute approximate surface area is 172 Å². The van der Waals surface area contributed by atoms with Crippen molar-refractivity contribution in [3.05, 3.63) is 65.7 Å². The highest BCUT2D eigenvalue weighted by Crippen LogP contribution is 2.43. The molecular weight excluding hydrogens is 344 g/mol. The van der Waals surface area contributed by atoms with Crippen molar-refractivity contribution in [1.82, 2.24) is 0 Å². The van der Waals surface area contributed by atoms with Crippen molar-refractivity contribution in [2.75, 3.05) is 0 Å². The molecule has 2 rings (SSSR count). The minimum atomic E-state index is -0.403. The van der Waals surface area contributed by atoms with Gasteiger partial charge in [0.2, 0.25) is 6.29 Å². The number of ether oxygens (including phenoxy) is 2. The molecule has 154 valence electrons. The lowest BCUT2D eigenvalue weighted by molar-refractivity contribution is -0.111. The summed E-state index contributed by atoms with van der Waals surface area (Å²) in [5, 5.41) is 0. The van der Waals surface area contributed by atoms with Gasteiger partial charge < -0.3 is 9.47 Å². The maximum Gasteiger partial charge on any atom is 0.226 e. The van der Waals surface area contributed by atoms with Gasteiger partial charge in [0.05, 0.1) is 6.10 Å². The lowest BCUT2D eigenvalue weighted by atomic mass is 9.69. The average Bonchev–Trinajstić information content (AvgIpc) is 2.59. The van der Waals surface area contributed by atoms with Crippen LogP contribution in [-0.2, 0) is 4.74 Å². The molecule has 0 aliphatic heterocycles. The van der Waals surface area contributed by atoms with Crippen LogP contribution in [0.15, 0.2) is 54.6 Å². The zero-order valence-electron chi connectivity index (χ0n) is 19.0. The molecule has 0 heterocycles. The third-order valence-electron chi connectivity index (χ3n) is 4.85. The molecule has 2 aromatic carbocycles. The SMILES string of the molecule is CC(C)OC(Oc1ccc(C(CC(C)(C)C)C(C)(C)C)cc1)c1ccccc1. The summed E-state index contributed by atoms with van der Waals surface area (Å²) in [4.78, 5) is 0. The summed E-state index contributed by atoms with van der Waals surface area (Å²) in [6.07, 6.45) is 0.835. The first-order chi connectivity index (χ1) is 13.0. The molecule has 0 fully saturated rings. The van der Waals surface area contributed by atoms with Crippen LogP contribution < -0.4 is 4.74 Å². The van der Waals surface area contributed by atoms with E-state index in [9.17, 15) is 0 Å². The van der Waals surface area contributed by atoms with E-state index in [1.165, 1.54) is 5.56 Å². The Bertz CT molecular complexity index is 703. The van der Waals surface area contributed by atoms with Crippen LogP contribution in [-0.4, -0.2) is 6.10 Å². The number of hydrogen-bond donors (Lipinski definition) is 0. The van der Waals surface area contributed by atoms with Gasteiger partial charge >= 0.3 is 0 Å². The third kappa shape index (κ3) is 6.98. The second-order valence-electron chi connectivity index (χ2n) is 10.3. The Morgan fingerprint density at radius 3 is 1.79 bits per heavy atom. The molecule has 0 bridgehead atoms. The maximum absolute atomic E-state index is 6.21. The molecule has 2 heteroatoms. The minimum Gasteiger partial charge on any atom is -0.461 e. The van der Waals surface area contributed by atoms with Crippen LogP contribution in [0.3, 0.4) is 0 Å². The van der Waals surface area contributed by atoms with E-state index in [0.717, 1.165) is 17.7 Å². The largest absolute Gasteiger partial charge is 0.461 e. The normalized spacial score (nSPS) is 14.8. The summed E-state index contributed by atoms with van der Waals surface area (Å²) < 4.78 is 12.2. The molecule has 2 nitrogen and oxygen atoms in total. The molecule has 0 saturated carbocycles. The summed E-state index contributed by atoms with van der Waals surface area (Å²) in [7, 11) is 0. The van der Waals surface area contributed by atoms with E-state index >= 15 is 0 Å². The molecule has 2 unspecified atom stereocenters. The van der Waals surface area contributed by atoms with Gasteiger partial charge in [-0.15, -0.1) is 0 Å². The van der Waals surface area contributed by atoms with E-state index < -0.39 is 6.29 Å². The minimum absolute atomic E-state index is 0.0848. The van der Waals surface area contributed by atoms with Gasteiger partial charge in [0.15, 0.2) is 0 Å². The number of rotatable bonds is 7. The highest BCUT2D eigenvalue weighted by Gasteiger charge is 2.30. The quantitative estimate of drug-likeness (QED) is 0.456. The molecule has 0 N–H and O–H groups in total. The smallest absolute Gasteiger partial charge is 0.226 e. The zero-order chi connectivity index (χ0) is 20.9. The van der Waals surface area contributed by atoms with Crippen LogP contribution >= 0.6 is 0 Å². The lowest BCUT2D eigenvalue weighted by Crippen LogP contribution is -2.23. The summed E-state index contributed by atoms with van der Waals surface area (Å²) >= 11 is 0. The van der Waals surface area contributed by atoms with Gasteiger partial charge in [-0.3, -0.25) is 0 Å².